The second kappa shape index (κ2) is 9.51. The molecule has 4 nitrogen and oxygen atoms in total. The van der Waals surface area contributed by atoms with Crippen LogP contribution in [0.4, 0.5) is 4.79 Å². The van der Waals surface area contributed by atoms with Gasteiger partial charge in [0.05, 0.1) is 0 Å². The van der Waals surface area contributed by atoms with Crippen molar-refractivity contribution < 1.29 is 19.0 Å². The molecule has 0 bridgehead atoms. The molecule has 1 aliphatic carbocycles. The SMILES string of the molecule is CCC(C)OC(=O)OC1(CCCCCC2CCCCCC2)CO1. The first kappa shape index (κ1) is 18.6. The summed E-state index contributed by atoms with van der Waals surface area (Å²) in [5.74, 6) is 0.276. The quantitative estimate of drug-likeness (QED) is 0.240. The van der Waals surface area contributed by atoms with E-state index in [9.17, 15) is 4.79 Å². The van der Waals surface area contributed by atoms with Crippen LogP contribution in [-0.4, -0.2) is 24.7 Å². The topological polar surface area (TPSA) is 48.1 Å². The predicted octanol–water partition coefficient (Wildman–Crippen LogP) is 5.59. The molecule has 2 rings (SSSR count). The van der Waals surface area contributed by atoms with Crippen molar-refractivity contribution in [3.63, 3.8) is 0 Å². The fourth-order valence-corrected chi connectivity index (χ4v) is 3.42. The van der Waals surface area contributed by atoms with Crippen LogP contribution in [0.3, 0.4) is 0 Å². The van der Waals surface area contributed by atoms with Gasteiger partial charge in [0.1, 0.15) is 12.7 Å². The van der Waals surface area contributed by atoms with Gasteiger partial charge in [-0.2, -0.15) is 0 Å². The molecule has 0 aromatic heterocycles. The molecular formula is C19H34O4. The van der Waals surface area contributed by atoms with Gasteiger partial charge in [-0.1, -0.05) is 64.7 Å². The molecule has 0 radical (unpaired) electrons. The second-order valence-corrected chi connectivity index (χ2v) is 7.35. The monoisotopic (exact) mass is 326 g/mol. The number of epoxide rings is 1. The Morgan fingerprint density at radius 1 is 1.17 bits per heavy atom. The Morgan fingerprint density at radius 3 is 2.48 bits per heavy atom. The second-order valence-electron chi connectivity index (χ2n) is 7.35. The number of hydrogen-bond acceptors (Lipinski definition) is 4. The molecule has 2 unspecified atom stereocenters. The molecule has 0 spiro atoms. The van der Waals surface area contributed by atoms with Crippen molar-refractivity contribution in [2.75, 3.05) is 6.61 Å². The maximum Gasteiger partial charge on any atom is 0.511 e. The lowest BCUT2D eigenvalue weighted by atomic mass is 9.93. The first-order valence-corrected chi connectivity index (χ1v) is 9.67. The maximum absolute atomic E-state index is 11.7. The number of carbonyl (C=O) groups excluding carboxylic acids is 1. The molecule has 0 aromatic carbocycles. The van der Waals surface area contributed by atoms with Crippen LogP contribution in [0.2, 0.25) is 0 Å². The van der Waals surface area contributed by atoms with Crippen molar-refractivity contribution in [1.82, 2.24) is 0 Å². The third-order valence-electron chi connectivity index (χ3n) is 5.25. The Morgan fingerprint density at radius 2 is 1.87 bits per heavy atom. The Kier molecular flexibility index (Phi) is 7.68. The molecule has 134 valence electrons. The zero-order valence-electron chi connectivity index (χ0n) is 15.0. The summed E-state index contributed by atoms with van der Waals surface area (Å²) in [7, 11) is 0. The minimum absolute atomic E-state index is 0.0992. The number of carbonyl (C=O) groups is 1. The third kappa shape index (κ3) is 7.11. The highest BCUT2D eigenvalue weighted by atomic mass is 16.9. The van der Waals surface area contributed by atoms with E-state index >= 15 is 0 Å². The number of unbranched alkanes of at least 4 members (excludes halogenated alkanes) is 2. The van der Waals surface area contributed by atoms with Crippen LogP contribution in [-0.2, 0) is 14.2 Å². The lowest BCUT2D eigenvalue weighted by molar-refractivity contribution is -0.0512. The van der Waals surface area contributed by atoms with Crippen molar-refractivity contribution in [2.45, 2.75) is 103 Å². The van der Waals surface area contributed by atoms with Gasteiger partial charge in [0.25, 0.3) is 0 Å². The van der Waals surface area contributed by atoms with Gasteiger partial charge in [0.15, 0.2) is 0 Å². The summed E-state index contributed by atoms with van der Waals surface area (Å²) in [5, 5.41) is 0. The standard InChI is InChI=1S/C19H34O4/c1-3-16(2)22-18(20)23-19(15-21-19)14-10-6-9-13-17-11-7-4-5-8-12-17/h16-17H,3-15H2,1-2H3. The molecule has 23 heavy (non-hydrogen) atoms. The van der Waals surface area contributed by atoms with Gasteiger partial charge in [-0.15, -0.1) is 0 Å². The first-order chi connectivity index (χ1) is 11.1. The van der Waals surface area contributed by atoms with E-state index < -0.39 is 11.9 Å². The van der Waals surface area contributed by atoms with Crippen LogP contribution in [0, 0.1) is 5.92 Å². The number of hydrogen-bond donors (Lipinski definition) is 0. The smallest absolute Gasteiger partial charge is 0.431 e. The summed E-state index contributed by atoms with van der Waals surface area (Å²) < 4.78 is 15.9. The molecule has 0 aromatic rings. The van der Waals surface area contributed by atoms with E-state index in [2.05, 4.69) is 0 Å². The van der Waals surface area contributed by atoms with E-state index in [0.717, 1.165) is 25.2 Å². The first-order valence-electron chi connectivity index (χ1n) is 9.67. The van der Waals surface area contributed by atoms with Gasteiger partial charge in [-0.25, -0.2) is 4.79 Å². The largest absolute Gasteiger partial charge is 0.511 e. The highest BCUT2D eigenvalue weighted by molar-refractivity contribution is 5.61. The maximum atomic E-state index is 11.7. The average molecular weight is 326 g/mol. The Balaban J connectivity index is 1.54. The molecule has 4 heteroatoms. The van der Waals surface area contributed by atoms with Crippen molar-refractivity contribution in [3.05, 3.63) is 0 Å². The molecule has 1 aliphatic heterocycles. The summed E-state index contributed by atoms with van der Waals surface area (Å²) in [5.41, 5.74) is 0. The summed E-state index contributed by atoms with van der Waals surface area (Å²) in [6.07, 6.45) is 14.4. The van der Waals surface area contributed by atoms with Gasteiger partial charge >= 0.3 is 6.16 Å². The van der Waals surface area contributed by atoms with Gasteiger partial charge in [0, 0.05) is 6.42 Å². The fourth-order valence-electron chi connectivity index (χ4n) is 3.42. The van der Waals surface area contributed by atoms with Crippen LogP contribution < -0.4 is 0 Å². The van der Waals surface area contributed by atoms with Crippen LogP contribution >= 0.6 is 0 Å². The zero-order valence-corrected chi connectivity index (χ0v) is 15.0. The fraction of sp³-hybridized carbons (Fsp3) is 0.947. The molecule has 1 saturated carbocycles. The van der Waals surface area contributed by atoms with E-state index in [-0.39, 0.29) is 6.10 Å². The molecule has 1 heterocycles. The highest BCUT2D eigenvalue weighted by Crippen LogP contribution is 2.35. The summed E-state index contributed by atoms with van der Waals surface area (Å²) >= 11 is 0. The molecule has 0 N–H and O–H groups in total. The van der Waals surface area contributed by atoms with Crippen molar-refractivity contribution in [1.29, 1.82) is 0 Å². The van der Waals surface area contributed by atoms with Gasteiger partial charge in [-0.05, 0) is 25.7 Å². The Hall–Kier alpha value is -0.770. The third-order valence-corrected chi connectivity index (χ3v) is 5.25. The summed E-state index contributed by atoms with van der Waals surface area (Å²) in [4.78, 5) is 11.7. The van der Waals surface area contributed by atoms with E-state index in [1.807, 2.05) is 13.8 Å². The minimum atomic E-state index is -0.674. The van der Waals surface area contributed by atoms with Crippen LogP contribution in [0.5, 0.6) is 0 Å². The lowest BCUT2D eigenvalue weighted by Crippen LogP contribution is -2.24. The number of rotatable bonds is 9. The lowest BCUT2D eigenvalue weighted by Gasteiger charge is -2.16. The minimum Gasteiger partial charge on any atom is -0.431 e. The van der Waals surface area contributed by atoms with E-state index in [1.165, 1.54) is 57.8 Å². The Labute approximate surface area is 141 Å². The van der Waals surface area contributed by atoms with Crippen LogP contribution in [0.1, 0.15) is 90.9 Å². The molecular weight excluding hydrogens is 292 g/mol. The molecule has 0 amide bonds. The Bertz CT molecular complexity index is 343. The van der Waals surface area contributed by atoms with Crippen LogP contribution in [0.15, 0.2) is 0 Å². The van der Waals surface area contributed by atoms with Gasteiger partial charge in [-0.3, -0.25) is 0 Å². The van der Waals surface area contributed by atoms with E-state index in [1.54, 1.807) is 0 Å². The molecule has 1 saturated heterocycles. The van der Waals surface area contributed by atoms with Gasteiger partial charge in [0.2, 0.25) is 5.79 Å². The van der Waals surface area contributed by atoms with Crippen molar-refractivity contribution in [3.8, 4) is 0 Å². The molecule has 2 fully saturated rings. The normalized spacial score (nSPS) is 26.3. The van der Waals surface area contributed by atoms with Crippen LogP contribution in [0.25, 0.3) is 0 Å². The zero-order chi connectivity index (χ0) is 16.5. The molecule has 2 aliphatic rings. The van der Waals surface area contributed by atoms with Crippen molar-refractivity contribution >= 4 is 6.16 Å². The van der Waals surface area contributed by atoms with Gasteiger partial charge < -0.3 is 14.2 Å². The van der Waals surface area contributed by atoms with E-state index in [0.29, 0.717) is 6.61 Å². The molecule has 2 atom stereocenters. The summed E-state index contributed by atoms with van der Waals surface area (Å²) in [6, 6.07) is 0. The summed E-state index contributed by atoms with van der Waals surface area (Å²) in [6.45, 7) is 4.37. The average Bonchev–Trinajstić information content (AvgIpc) is 3.31. The van der Waals surface area contributed by atoms with Crippen molar-refractivity contribution in [2.24, 2.45) is 5.92 Å². The van der Waals surface area contributed by atoms with E-state index in [4.69, 9.17) is 14.2 Å². The predicted molar refractivity (Wildman–Crippen MR) is 90.3 cm³/mol. The number of ether oxygens (including phenoxy) is 3. The highest BCUT2D eigenvalue weighted by Gasteiger charge is 2.49.